The Morgan fingerprint density at radius 1 is 1.44 bits per heavy atom. The lowest BCUT2D eigenvalue weighted by atomic mass is 9.92. The zero-order chi connectivity index (χ0) is 11.2. The molecule has 2 atom stereocenters. The van der Waals surface area contributed by atoms with Crippen molar-refractivity contribution in [3.63, 3.8) is 0 Å². The molecule has 1 aromatic rings. The highest BCUT2D eigenvalue weighted by Crippen LogP contribution is 2.20. The molecule has 3 nitrogen and oxygen atoms in total. The Bertz CT molecular complexity index is 296. The number of ether oxygens (including phenoxy) is 1. The monoisotopic (exact) mass is 221 g/mol. The summed E-state index contributed by atoms with van der Waals surface area (Å²) in [6, 6.07) is 4.01. The first-order valence-corrected chi connectivity index (χ1v) is 6.01. The highest BCUT2D eigenvalue weighted by Gasteiger charge is 2.21. The number of rotatable bonds is 4. The number of nitrogens with zero attached hydrogens (tertiary/aromatic N) is 1. The van der Waals surface area contributed by atoms with Crippen molar-refractivity contribution in [2.45, 2.75) is 31.8 Å². The van der Waals surface area contributed by atoms with Crippen molar-refractivity contribution in [3.05, 3.63) is 30.1 Å². The van der Waals surface area contributed by atoms with E-state index in [-0.39, 0.29) is 6.10 Å². The van der Waals surface area contributed by atoms with Crippen LogP contribution in [0.1, 0.15) is 24.8 Å². The van der Waals surface area contributed by atoms with Gasteiger partial charge in [0.05, 0.1) is 12.7 Å². The number of aryl methyl sites for hydroxylation is 1. The third kappa shape index (κ3) is 3.29. The van der Waals surface area contributed by atoms with Gasteiger partial charge in [0, 0.05) is 24.9 Å². The van der Waals surface area contributed by atoms with E-state index in [4.69, 9.17) is 4.74 Å². The maximum atomic E-state index is 10.0. The summed E-state index contributed by atoms with van der Waals surface area (Å²) in [5.74, 6) is 0.329. The number of pyridine rings is 1. The fourth-order valence-electron chi connectivity index (χ4n) is 2.17. The molecule has 1 fully saturated rings. The predicted molar refractivity (Wildman–Crippen MR) is 62.1 cm³/mol. The molecule has 1 aromatic heterocycles. The number of hydrogen-bond acceptors (Lipinski definition) is 3. The minimum absolute atomic E-state index is 0.228. The molecule has 0 aliphatic carbocycles. The molecule has 1 saturated heterocycles. The highest BCUT2D eigenvalue weighted by atomic mass is 16.5. The van der Waals surface area contributed by atoms with Gasteiger partial charge in [0.2, 0.25) is 0 Å². The van der Waals surface area contributed by atoms with Crippen LogP contribution in [0.4, 0.5) is 0 Å². The molecule has 3 heteroatoms. The number of hydrogen-bond donors (Lipinski definition) is 1. The molecule has 0 spiro atoms. The Morgan fingerprint density at radius 2 is 2.25 bits per heavy atom. The van der Waals surface area contributed by atoms with E-state index < -0.39 is 0 Å². The first kappa shape index (κ1) is 11.6. The van der Waals surface area contributed by atoms with Crippen LogP contribution in [0.15, 0.2) is 24.5 Å². The molecule has 0 radical (unpaired) electrons. The quantitative estimate of drug-likeness (QED) is 0.843. The summed E-state index contributed by atoms with van der Waals surface area (Å²) >= 11 is 0. The van der Waals surface area contributed by atoms with Crippen LogP contribution < -0.4 is 0 Å². The largest absolute Gasteiger partial charge is 0.393 e. The first-order chi connectivity index (χ1) is 7.86. The summed E-state index contributed by atoms with van der Waals surface area (Å²) in [6.45, 7) is 1.57. The molecule has 2 rings (SSSR count). The van der Waals surface area contributed by atoms with Gasteiger partial charge in [-0.1, -0.05) is 0 Å². The third-order valence-electron chi connectivity index (χ3n) is 3.22. The van der Waals surface area contributed by atoms with Gasteiger partial charge >= 0.3 is 0 Å². The molecule has 1 aliphatic rings. The highest BCUT2D eigenvalue weighted by molar-refractivity contribution is 5.09. The summed E-state index contributed by atoms with van der Waals surface area (Å²) in [6.07, 6.45) is 7.28. The Balaban J connectivity index is 1.76. The molecule has 0 saturated carbocycles. The van der Waals surface area contributed by atoms with Crippen molar-refractivity contribution in [2.75, 3.05) is 13.2 Å². The average Bonchev–Trinajstić information content (AvgIpc) is 2.38. The van der Waals surface area contributed by atoms with E-state index in [2.05, 4.69) is 4.98 Å². The molecule has 16 heavy (non-hydrogen) atoms. The van der Waals surface area contributed by atoms with Gasteiger partial charge in [0.25, 0.3) is 0 Å². The van der Waals surface area contributed by atoms with Gasteiger partial charge in [0.1, 0.15) is 0 Å². The second-order valence-corrected chi connectivity index (χ2v) is 4.44. The van der Waals surface area contributed by atoms with Crippen molar-refractivity contribution in [1.82, 2.24) is 4.98 Å². The Hall–Kier alpha value is -0.930. The van der Waals surface area contributed by atoms with Crippen molar-refractivity contribution in [3.8, 4) is 0 Å². The van der Waals surface area contributed by atoms with E-state index in [0.717, 1.165) is 38.9 Å². The fourth-order valence-corrected chi connectivity index (χ4v) is 2.17. The van der Waals surface area contributed by atoms with Crippen LogP contribution in [-0.4, -0.2) is 29.4 Å². The number of aliphatic hydroxyl groups excluding tert-OH is 1. The van der Waals surface area contributed by atoms with Gasteiger partial charge in [-0.05, 0) is 43.4 Å². The molecule has 0 aromatic carbocycles. The van der Waals surface area contributed by atoms with E-state index in [9.17, 15) is 5.11 Å². The molecular formula is C13H19NO2. The fraction of sp³-hybridized carbons (Fsp3) is 0.615. The maximum Gasteiger partial charge on any atom is 0.0593 e. The van der Waals surface area contributed by atoms with Crippen LogP contribution in [0.3, 0.4) is 0 Å². The summed E-state index contributed by atoms with van der Waals surface area (Å²) in [7, 11) is 0. The maximum absolute atomic E-state index is 10.0. The Labute approximate surface area is 96.5 Å². The first-order valence-electron chi connectivity index (χ1n) is 6.01. The molecule has 2 heterocycles. The zero-order valence-electron chi connectivity index (χ0n) is 9.51. The van der Waals surface area contributed by atoms with E-state index in [1.165, 1.54) is 5.56 Å². The van der Waals surface area contributed by atoms with E-state index in [0.29, 0.717) is 5.92 Å². The van der Waals surface area contributed by atoms with E-state index in [1.807, 2.05) is 12.1 Å². The summed E-state index contributed by atoms with van der Waals surface area (Å²) in [5, 5.41) is 10.0. The molecule has 2 unspecified atom stereocenters. The molecule has 0 bridgehead atoms. The molecular weight excluding hydrogens is 202 g/mol. The van der Waals surface area contributed by atoms with Gasteiger partial charge in [-0.15, -0.1) is 0 Å². The van der Waals surface area contributed by atoms with Crippen LogP contribution in [0.2, 0.25) is 0 Å². The van der Waals surface area contributed by atoms with Crippen molar-refractivity contribution < 1.29 is 9.84 Å². The Kier molecular flexibility index (Phi) is 4.31. The van der Waals surface area contributed by atoms with Crippen molar-refractivity contribution in [2.24, 2.45) is 5.92 Å². The minimum Gasteiger partial charge on any atom is -0.393 e. The molecule has 1 aliphatic heterocycles. The second kappa shape index (κ2) is 5.97. The SMILES string of the molecule is OC(CCc1ccncc1)C1CCCOC1. The normalized spacial score (nSPS) is 22.9. The third-order valence-corrected chi connectivity index (χ3v) is 3.22. The average molecular weight is 221 g/mol. The predicted octanol–water partition coefficient (Wildman–Crippen LogP) is 1.80. The van der Waals surface area contributed by atoms with E-state index >= 15 is 0 Å². The van der Waals surface area contributed by atoms with Crippen LogP contribution in [0.25, 0.3) is 0 Å². The zero-order valence-corrected chi connectivity index (χ0v) is 9.51. The standard InChI is InChI=1S/C13H19NO2/c15-13(12-2-1-9-16-10-12)4-3-11-5-7-14-8-6-11/h5-8,12-13,15H,1-4,9-10H2. The lowest BCUT2D eigenvalue weighted by Crippen LogP contribution is -2.29. The number of aromatic nitrogens is 1. The summed E-state index contributed by atoms with van der Waals surface area (Å²) in [4.78, 5) is 3.98. The van der Waals surface area contributed by atoms with Crippen molar-refractivity contribution in [1.29, 1.82) is 0 Å². The minimum atomic E-state index is -0.228. The van der Waals surface area contributed by atoms with Crippen LogP contribution in [-0.2, 0) is 11.2 Å². The molecule has 1 N–H and O–H groups in total. The van der Waals surface area contributed by atoms with Gasteiger partial charge in [-0.3, -0.25) is 4.98 Å². The Morgan fingerprint density at radius 3 is 2.94 bits per heavy atom. The topological polar surface area (TPSA) is 42.4 Å². The van der Waals surface area contributed by atoms with Crippen molar-refractivity contribution >= 4 is 0 Å². The summed E-state index contributed by atoms with van der Waals surface area (Å²) in [5.41, 5.74) is 1.24. The second-order valence-electron chi connectivity index (χ2n) is 4.44. The smallest absolute Gasteiger partial charge is 0.0593 e. The van der Waals surface area contributed by atoms with Crippen LogP contribution in [0, 0.1) is 5.92 Å². The van der Waals surface area contributed by atoms with E-state index in [1.54, 1.807) is 12.4 Å². The lowest BCUT2D eigenvalue weighted by Gasteiger charge is -2.26. The van der Waals surface area contributed by atoms with Gasteiger partial charge in [0.15, 0.2) is 0 Å². The van der Waals surface area contributed by atoms with Gasteiger partial charge in [-0.2, -0.15) is 0 Å². The van der Waals surface area contributed by atoms with Crippen LogP contribution >= 0.6 is 0 Å². The van der Waals surface area contributed by atoms with Gasteiger partial charge in [-0.25, -0.2) is 0 Å². The lowest BCUT2D eigenvalue weighted by molar-refractivity contribution is -0.0116. The summed E-state index contributed by atoms with van der Waals surface area (Å²) < 4.78 is 5.39. The number of aliphatic hydroxyl groups is 1. The van der Waals surface area contributed by atoms with Gasteiger partial charge < -0.3 is 9.84 Å². The molecule has 0 amide bonds. The van der Waals surface area contributed by atoms with Crippen LogP contribution in [0.5, 0.6) is 0 Å². The molecule has 88 valence electrons.